The number of rotatable bonds is 4. The van der Waals surface area contributed by atoms with Gasteiger partial charge in [0.2, 0.25) is 10.0 Å². The topological polar surface area (TPSA) is 57.7 Å². The van der Waals surface area contributed by atoms with Crippen LogP contribution in [0.3, 0.4) is 0 Å². The van der Waals surface area contributed by atoms with Gasteiger partial charge in [0, 0.05) is 41.9 Å². The van der Waals surface area contributed by atoms with Crippen LogP contribution in [0.5, 0.6) is 0 Å². The molecule has 0 radical (unpaired) electrons. The summed E-state index contributed by atoms with van der Waals surface area (Å²) in [7, 11) is -3.15. The van der Waals surface area contributed by atoms with Crippen LogP contribution < -0.4 is 0 Å². The van der Waals surface area contributed by atoms with Gasteiger partial charge in [-0.3, -0.25) is 4.79 Å². The van der Waals surface area contributed by atoms with E-state index < -0.39 is 10.0 Å². The van der Waals surface area contributed by atoms with Gasteiger partial charge in [0.15, 0.2) is 0 Å². The highest BCUT2D eigenvalue weighted by molar-refractivity contribution is 8.04. The number of likely N-dealkylation sites (tertiary alicyclic amines) is 1. The van der Waals surface area contributed by atoms with Crippen LogP contribution in [0.1, 0.15) is 71.6 Å². The number of nitrogens with zero attached hydrogens (tertiary/aromatic N) is 2. The first-order valence-electron chi connectivity index (χ1n) is 12.0. The quantitative estimate of drug-likeness (QED) is 0.647. The number of amides is 1. The molecule has 5 aliphatic rings. The van der Waals surface area contributed by atoms with E-state index in [1.807, 2.05) is 11.8 Å². The van der Waals surface area contributed by atoms with E-state index in [-0.39, 0.29) is 10.00 Å². The summed E-state index contributed by atoms with van der Waals surface area (Å²) in [4.78, 5) is 15.8. The number of piperidine rings is 2. The van der Waals surface area contributed by atoms with Gasteiger partial charge in [-0.15, -0.1) is 11.8 Å². The van der Waals surface area contributed by atoms with Crippen molar-refractivity contribution in [3.63, 3.8) is 0 Å². The predicted molar refractivity (Wildman–Crippen MR) is 122 cm³/mol. The van der Waals surface area contributed by atoms with Gasteiger partial charge in [-0.2, -0.15) is 0 Å². The number of carbonyl (C=O) groups excluding carboxylic acids is 1. The lowest BCUT2D eigenvalue weighted by atomic mass is 9.78. The third kappa shape index (κ3) is 3.38. The van der Waals surface area contributed by atoms with Gasteiger partial charge in [-0.25, -0.2) is 12.7 Å². The fraction of sp³-hybridized carbons (Fsp3) is 0.870. The second-order valence-corrected chi connectivity index (χ2v) is 14.1. The number of thioether (sulfide) groups is 1. The zero-order valence-electron chi connectivity index (χ0n) is 18.4. The minimum Gasteiger partial charge on any atom is -0.336 e. The molecule has 30 heavy (non-hydrogen) atoms. The van der Waals surface area contributed by atoms with Crippen molar-refractivity contribution in [2.24, 2.45) is 17.8 Å². The lowest BCUT2D eigenvalue weighted by molar-refractivity contribution is -0.133. The van der Waals surface area contributed by atoms with Crippen molar-refractivity contribution in [3.8, 4) is 0 Å². The lowest BCUT2D eigenvalue weighted by Crippen LogP contribution is -2.50. The molecule has 0 spiro atoms. The third-order valence-corrected chi connectivity index (χ3v) is 12.5. The van der Waals surface area contributed by atoms with Crippen molar-refractivity contribution >= 4 is 27.7 Å². The Hall–Kier alpha value is -0.530. The summed E-state index contributed by atoms with van der Waals surface area (Å²) >= 11 is 1.89. The molecule has 3 aliphatic heterocycles. The molecule has 5 nitrogen and oxygen atoms in total. The summed E-state index contributed by atoms with van der Waals surface area (Å²) in [5, 5.41) is 1.83. The molecule has 0 aromatic heterocycles. The van der Waals surface area contributed by atoms with Gasteiger partial charge in [-0.05, 0) is 76.0 Å². The monoisotopic (exact) mass is 452 g/mol. The van der Waals surface area contributed by atoms with Crippen molar-refractivity contribution in [1.29, 1.82) is 0 Å². The van der Waals surface area contributed by atoms with E-state index in [1.54, 1.807) is 18.2 Å². The Morgan fingerprint density at radius 2 is 1.77 bits per heavy atom. The molecule has 4 fully saturated rings. The van der Waals surface area contributed by atoms with E-state index in [0.29, 0.717) is 36.9 Å². The van der Waals surface area contributed by atoms with Gasteiger partial charge in [0.05, 0.1) is 5.25 Å². The molecule has 0 N–H and O–H groups in total. The molecule has 4 unspecified atom stereocenters. The molecule has 0 bridgehead atoms. The van der Waals surface area contributed by atoms with E-state index in [9.17, 15) is 13.2 Å². The number of fused-ring (bicyclic) bond motifs is 2. The minimum absolute atomic E-state index is 0.181. The highest BCUT2D eigenvalue weighted by atomic mass is 32.2. The first-order valence-corrected chi connectivity index (χ1v) is 14.4. The zero-order chi connectivity index (χ0) is 21.1. The van der Waals surface area contributed by atoms with Crippen molar-refractivity contribution in [2.45, 2.75) is 87.7 Å². The largest absolute Gasteiger partial charge is 0.336 e. The third-order valence-electron chi connectivity index (χ3n) is 8.59. The Bertz CT molecular complexity index is 829. The number of hydrogen-bond donors (Lipinski definition) is 0. The zero-order valence-corrected chi connectivity index (χ0v) is 20.0. The Labute approximate surface area is 186 Å². The molecular weight excluding hydrogens is 416 g/mol. The maximum absolute atomic E-state index is 13.5. The highest BCUT2D eigenvalue weighted by Gasteiger charge is 2.65. The van der Waals surface area contributed by atoms with Crippen LogP contribution in [0.4, 0.5) is 0 Å². The minimum atomic E-state index is -3.15. The molecule has 2 aliphatic carbocycles. The molecular formula is C23H36N2O3S2. The molecule has 4 atom stereocenters. The summed E-state index contributed by atoms with van der Waals surface area (Å²) in [6.45, 7) is 5.75. The summed E-state index contributed by atoms with van der Waals surface area (Å²) in [6.07, 6.45) is 10.5. The molecule has 5 rings (SSSR count). The second-order valence-electron chi connectivity index (χ2n) is 10.4. The van der Waals surface area contributed by atoms with E-state index >= 15 is 0 Å². The molecule has 2 saturated carbocycles. The van der Waals surface area contributed by atoms with Crippen LogP contribution >= 0.6 is 11.8 Å². The Balaban J connectivity index is 1.22. The van der Waals surface area contributed by atoms with Crippen LogP contribution in [0.2, 0.25) is 0 Å². The molecule has 168 valence electrons. The van der Waals surface area contributed by atoms with Crippen molar-refractivity contribution in [2.75, 3.05) is 19.6 Å². The van der Waals surface area contributed by atoms with Crippen LogP contribution in [-0.2, 0) is 14.8 Å². The first kappa shape index (κ1) is 21.3. The normalized spacial score (nSPS) is 37.6. The van der Waals surface area contributed by atoms with Gasteiger partial charge in [-0.1, -0.05) is 12.8 Å². The van der Waals surface area contributed by atoms with E-state index in [1.165, 1.54) is 32.1 Å². The van der Waals surface area contributed by atoms with Gasteiger partial charge >= 0.3 is 0 Å². The molecule has 0 aromatic carbocycles. The Morgan fingerprint density at radius 3 is 2.47 bits per heavy atom. The second kappa shape index (κ2) is 7.80. The maximum Gasteiger partial charge on any atom is 0.250 e. The van der Waals surface area contributed by atoms with Gasteiger partial charge in [0.25, 0.3) is 5.91 Å². The Kier molecular flexibility index (Phi) is 5.55. The molecule has 0 aromatic rings. The standard InChI is InChI=1S/C23H36N2O3S2/c1-16(2)30(27,28)24-12-9-18(10-13-24)23-14-20(23)19(15-29-23)22(26)25-11-5-7-17-6-3-4-8-21(17)25/h15-18,20-21H,3-14H2,1-2H3. The fourth-order valence-corrected chi connectivity index (χ4v) is 9.62. The summed E-state index contributed by atoms with van der Waals surface area (Å²) in [6, 6.07) is 0.476. The lowest BCUT2D eigenvalue weighted by Gasteiger charge is -2.44. The highest BCUT2D eigenvalue weighted by Crippen LogP contribution is 2.69. The summed E-state index contributed by atoms with van der Waals surface area (Å²) < 4.78 is 26.9. The number of carbonyl (C=O) groups is 1. The molecule has 2 saturated heterocycles. The van der Waals surface area contributed by atoms with Crippen molar-refractivity contribution in [1.82, 2.24) is 9.21 Å². The van der Waals surface area contributed by atoms with Crippen LogP contribution in [0, 0.1) is 17.8 Å². The fourth-order valence-electron chi connectivity index (χ4n) is 6.71. The predicted octanol–water partition coefficient (Wildman–Crippen LogP) is 4.01. The smallest absolute Gasteiger partial charge is 0.250 e. The average molecular weight is 453 g/mol. The SMILES string of the molecule is CC(C)S(=O)(=O)N1CCC(C23CC2C(C(=O)N2CCCC4CCCCC42)=CS3)CC1. The van der Waals surface area contributed by atoms with Crippen molar-refractivity contribution in [3.05, 3.63) is 11.0 Å². The van der Waals surface area contributed by atoms with Crippen LogP contribution in [0.15, 0.2) is 11.0 Å². The van der Waals surface area contributed by atoms with Crippen molar-refractivity contribution < 1.29 is 13.2 Å². The molecule has 1 amide bonds. The summed E-state index contributed by atoms with van der Waals surface area (Å²) in [5.41, 5.74) is 1.07. The average Bonchev–Trinajstić information content (AvgIpc) is 3.38. The van der Waals surface area contributed by atoms with E-state index in [2.05, 4.69) is 10.3 Å². The number of sulfonamides is 1. The molecule has 7 heteroatoms. The first-order chi connectivity index (χ1) is 14.3. The van der Waals surface area contributed by atoms with Crippen LogP contribution in [-0.4, -0.2) is 59.2 Å². The maximum atomic E-state index is 13.5. The summed E-state index contributed by atoms with van der Waals surface area (Å²) in [5.74, 6) is 1.97. The molecule has 3 heterocycles. The van der Waals surface area contributed by atoms with Gasteiger partial charge < -0.3 is 4.90 Å². The van der Waals surface area contributed by atoms with E-state index in [0.717, 1.165) is 43.7 Å². The Morgan fingerprint density at radius 1 is 1.07 bits per heavy atom. The number of hydrogen-bond acceptors (Lipinski definition) is 4. The van der Waals surface area contributed by atoms with Crippen LogP contribution in [0.25, 0.3) is 0 Å². The van der Waals surface area contributed by atoms with E-state index in [4.69, 9.17) is 0 Å². The van der Waals surface area contributed by atoms with Gasteiger partial charge in [0.1, 0.15) is 0 Å².